The first-order valence-electron chi connectivity index (χ1n) is 9.49. The molecular weight excluding hydrogens is 411 g/mol. The van der Waals surface area contributed by atoms with Crippen molar-refractivity contribution in [1.82, 2.24) is 19.7 Å². The first-order valence-corrected chi connectivity index (χ1v) is 9.49. The Labute approximate surface area is 176 Å². The van der Waals surface area contributed by atoms with Crippen LogP contribution in [0.15, 0.2) is 36.8 Å². The van der Waals surface area contributed by atoms with Gasteiger partial charge in [0.05, 0.1) is 47.6 Å². The van der Waals surface area contributed by atoms with Crippen molar-refractivity contribution in [3.63, 3.8) is 0 Å². The summed E-state index contributed by atoms with van der Waals surface area (Å²) in [6.07, 6.45) is 0.117. The van der Waals surface area contributed by atoms with Crippen molar-refractivity contribution in [2.75, 3.05) is 29.1 Å². The summed E-state index contributed by atoms with van der Waals surface area (Å²) in [6.45, 7) is 2.65. The standard InChI is InChI=1S/C20H20F3N7O/c1-12-19-16(29(2)11-18(31)28-19)6-17(27-12)25-7-13-8-26-30(9-13)10-15-5-14(3-4-24-15)20(21,22)23/h3-6,8-9H,7,10-11H2,1-2H3,(H,25,27)(H,28,31). The summed E-state index contributed by atoms with van der Waals surface area (Å²) in [6, 6.07) is 3.83. The summed E-state index contributed by atoms with van der Waals surface area (Å²) in [7, 11) is 1.84. The van der Waals surface area contributed by atoms with Gasteiger partial charge in [0, 0.05) is 37.6 Å². The van der Waals surface area contributed by atoms with Crippen molar-refractivity contribution in [2.24, 2.45) is 0 Å². The molecule has 11 heteroatoms. The number of fused-ring (bicyclic) bond motifs is 1. The zero-order valence-electron chi connectivity index (χ0n) is 16.9. The fourth-order valence-corrected chi connectivity index (χ4v) is 3.37. The molecule has 0 spiro atoms. The van der Waals surface area contributed by atoms with Gasteiger partial charge in [-0.25, -0.2) is 4.98 Å². The van der Waals surface area contributed by atoms with Gasteiger partial charge in [0.1, 0.15) is 5.82 Å². The molecule has 4 rings (SSSR count). The topological polar surface area (TPSA) is 88.0 Å². The Morgan fingerprint density at radius 2 is 2.10 bits per heavy atom. The summed E-state index contributed by atoms with van der Waals surface area (Å²) in [5, 5.41) is 10.3. The van der Waals surface area contributed by atoms with E-state index in [1.165, 1.54) is 4.68 Å². The van der Waals surface area contributed by atoms with E-state index in [9.17, 15) is 18.0 Å². The van der Waals surface area contributed by atoms with Gasteiger partial charge in [0.25, 0.3) is 0 Å². The molecule has 0 atom stereocenters. The minimum Gasteiger partial charge on any atom is -0.366 e. The zero-order chi connectivity index (χ0) is 22.2. The second-order valence-corrected chi connectivity index (χ2v) is 7.32. The summed E-state index contributed by atoms with van der Waals surface area (Å²) in [5.41, 5.74) is 2.65. The molecule has 0 bridgehead atoms. The number of halogens is 3. The molecule has 1 amide bonds. The Hall–Kier alpha value is -3.63. The van der Waals surface area contributed by atoms with Crippen molar-refractivity contribution < 1.29 is 18.0 Å². The molecule has 1 aliphatic heterocycles. The molecule has 8 nitrogen and oxygen atoms in total. The Kier molecular flexibility index (Phi) is 5.25. The van der Waals surface area contributed by atoms with Crippen LogP contribution in [-0.2, 0) is 24.1 Å². The van der Waals surface area contributed by atoms with Gasteiger partial charge < -0.3 is 15.5 Å². The molecular formula is C20H20F3N7O. The van der Waals surface area contributed by atoms with Gasteiger partial charge >= 0.3 is 6.18 Å². The van der Waals surface area contributed by atoms with E-state index in [0.717, 1.165) is 29.6 Å². The number of anilines is 3. The number of aromatic nitrogens is 4. The largest absolute Gasteiger partial charge is 0.416 e. The number of amides is 1. The monoisotopic (exact) mass is 431 g/mol. The molecule has 1 aliphatic rings. The third-order valence-corrected chi connectivity index (χ3v) is 4.86. The van der Waals surface area contributed by atoms with Crippen LogP contribution in [0.4, 0.5) is 30.4 Å². The van der Waals surface area contributed by atoms with E-state index in [-0.39, 0.29) is 24.7 Å². The smallest absolute Gasteiger partial charge is 0.366 e. The van der Waals surface area contributed by atoms with Crippen LogP contribution in [0.25, 0.3) is 0 Å². The number of aryl methyl sites for hydroxylation is 1. The number of pyridine rings is 2. The maximum atomic E-state index is 12.9. The van der Waals surface area contributed by atoms with Gasteiger partial charge in [-0.15, -0.1) is 0 Å². The van der Waals surface area contributed by atoms with Crippen molar-refractivity contribution in [2.45, 2.75) is 26.2 Å². The van der Waals surface area contributed by atoms with Gasteiger partial charge in [-0.2, -0.15) is 18.3 Å². The van der Waals surface area contributed by atoms with Gasteiger partial charge in [-0.1, -0.05) is 0 Å². The third-order valence-electron chi connectivity index (χ3n) is 4.86. The van der Waals surface area contributed by atoms with E-state index in [4.69, 9.17) is 0 Å². The number of hydrogen-bond donors (Lipinski definition) is 2. The second-order valence-electron chi connectivity index (χ2n) is 7.32. The maximum Gasteiger partial charge on any atom is 0.416 e. The van der Waals surface area contributed by atoms with Gasteiger partial charge in [-0.05, 0) is 19.1 Å². The number of nitrogens with zero attached hydrogens (tertiary/aromatic N) is 5. The van der Waals surface area contributed by atoms with Crippen LogP contribution in [0.3, 0.4) is 0 Å². The molecule has 0 unspecified atom stereocenters. The normalized spacial score (nSPS) is 13.7. The van der Waals surface area contributed by atoms with E-state index < -0.39 is 11.7 Å². The van der Waals surface area contributed by atoms with Gasteiger partial charge in [0.2, 0.25) is 5.91 Å². The van der Waals surface area contributed by atoms with E-state index in [0.29, 0.717) is 23.7 Å². The number of likely N-dealkylation sites (N-methyl/N-ethyl adjacent to an activating group) is 1. The van der Waals surface area contributed by atoms with Crippen molar-refractivity contribution in [3.8, 4) is 0 Å². The van der Waals surface area contributed by atoms with Gasteiger partial charge in [0.15, 0.2) is 0 Å². The number of nitrogens with one attached hydrogen (secondary N) is 2. The minimum absolute atomic E-state index is 0.0803. The predicted molar refractivity (Wildman–Crippen MR) is 109 cm³/mol. The highest BCUT2D eigenvalue weighted by molar-refractivity contribution is 6.02. The fraction of sp³-hybridized carbons (Fsp3) is 0.300. The number of alkyl halides is 3. The Morgan fingerprint density at radius 3 is 2.87 bits per heavy atom. The van der Waals surface area contributed by atoms with Gasteiger partial charge in [-0.3, -0.25) is 14.5 Å². The molecule has 3 aromatic rings. The number of carbonyl (C=O) groups is 1. The summed E-state index contributed by atoms with van der Waals surface area (Å²) < 4.78 is 40.1. The number of rotatable bonds is 5. The van der Waals surface area contributed by atoms with Crippen molar-refractivity contribution in [3.05, 3.63) is 59.3 Å². The first kappa shape index (κ1) is 20.6. The molecule has 0 saturated heterocycles. The zero-order valence-corrected chi connectivity index (χ0v) is 16.9. The lowest BCUT2D eigenvalue weighted by Gasteiger charge is -2.28. The van der Waals surface area contributed by atoms with Crippen LogP contribution < -0.4 is 15.5 Å². The molecule has 0 saturated carbocycles. The molecule has 31 heavy (non-hydrogen) atoms. The molecule has 3 aromatic heterocycles. The quantitative estimate of drug-likeness (QED) is 0.646. The van der Waals surface area contributed by atoms with Crippen LogP contribution in [0.5, 0.6) is 0 Å². The predicted octanol–water partition coefficient (Wildman–Crippen LogP) is 3.05. The summed E-state index contributed by atoms with van der Waals surface area (Å²) >= 11 is 0. The lowest BCUT2D eigenvalue weighted by atomic mass is 10.2. The minimum atomic E-state index is -4.41. The third kappa shape index (κ3) is 4.60. The van der Waals surface area contributed by atoms with E-state index in [2.05, 4.69) is 25.7 Å². The molecule has 0 radical (unpaired) electrons. The first-order chi connectivity index (χ1) is 14.7. The summed E-state index contributed by atoms with van der Waals surface area (Å²) in [5.74, 6) is 0.565. The van der Waals surface area contributed by atoms with Crippen LogP contribution in [-0.4, -0.2) is 39.2 Å². The van der Waals surface area contributed by atoms with Crippen LogP contribution >= 0.6 is 0 Å². The SMILES string of the molecule is Cc1nc(NCc2cnn(Cc3cc(C(F)(F)F)ccn3)c2)cc2c1NC(=O)CN2C. The highest BCUT2D eigenvalue weighted by atomic mass is 19.4. The molecule has 0 fully saturated rings. The van der Waals surface area contributed by atoms with Crippen LogP contribution in [0, 0.1) is 6.92 Å². The Bertz CT molecular complexity index is 1130. The molecule has 4 heterocycles. The maximum absolute atomic E-state index is 12.9. The number of carbonyl (C=O) groups excluding carboxylic acids is 1. The second kappa shape index (κ2) is 7.89. The average molecular weight is 431 g/mol. The van der Waals surface area contributed by atoms with Crippen LogP contribution in [0.1, 0.15) is 22.5 Å². The molecule has 0 aliphatic carbocycles. The van der Waals surface area contributed by atoms with E-state index >= 15 is 0 Å². The molecule has 0 aromatic carbocycles. The van der Waals surface area contributed by atoms with E-state index in [1.807, 2.05) is 24.9 Å². The summed E-state index contributed by atoms with van der Waals surface area (Å²) in [4.78, 5) is 22.0. The lowest BCUT2D eigenvalue weighted by Crippen LogP contribution is -2.36. The van der Waals surface area contributed by atoms with Crippen molar-refractivity contribution in [1.29, 1.82) is 0 Å². The van der Waals surface area contributed by atoms with E-state index in [1.54, 1.807) is 12.4 Å². The highest BCUT2D eigenvalue weighted by Gasteiger charge is 2.30. The Balaban J connectivity index is 1.43. The fourth-order valence-electron chi connectivity index (χ4n) is 3.37. The Morgan fingerprint density at radius 1 is 1.29 bits per heavy atom. The van der Waals surface area contributed by atoms with Crippen molar-refractivity contribution >= 4 is 23.1 Å². The lowest BCUT2D eigenvalue weighted by molar-refractivity contribution is -0.137. The van der Waals surface area contributed by atoms with Crippen LogP contribution in [0.2, 0.25) is 0 Å². The molecule has 2 N–H and O–H groups in total. The highest BCUT2D eigenvalue weighted by Crippen LogP contribution is 2.33. The average Bonchev–Trinajstić information content (AvgIpc) is 3.14. The molecule has 162 valence electrons. The number of hydrogen-bond acceptors (Lipinski definition) is 6.